The van der Waals surface area contributed by atoms with Crippen LogP contribution in [0, 0.1) is 5.92 Å². The molecule has 2 aliphatic carbocycles. The Bertz CT molecular complexity index is 280. The van der Waals surface area contributed by atoms with Gasteiger partial charge in [-0.15, -0.1) is 0 Å². The van der Waals surface area contributed by atoms with E-state index >= 15 is 0 Å². The molecule has 2 aliphatic rings. The SMILES string of the molecule is C[C@@H](C(=O)O)N(CC1CCCCC1)C1CCCCC1. The highest BCUT2D eigenvalue weighted by molar-refractivity contribution is 5.72. The fourth-order valence-electron chi connectivity index (χ4n) is 3.85. The monoisotopic (exact) mass is 267 g/mol. The van der Waals surface area contributed by atoms with Crippen LogP contribution in [-0.2, 0) is 4.79 Å². The number of carboxylic acid groups (broad SMARTS) is 1. The minimum Gasteiger partial charge on any atom is -0.480 e. The highest BCUT2D eigenvalue weighted by Crippen LogP contribution is 2.29. The maximum atomic E-state index is 11.4. The maximum absolute atomic E-state index is 11.4. The summed E-state index contributed by atoms with van der Waals surface area (Å²) in [4.78, 5) is 13.7. The van der Waals surface area contributed by atoms with Crippen molar-refractivity contribution >= 4 is 5.97 Å². The Kier molecular flexibility index (Phi) is 5.68. The second-order valence-electron chi connectivity index (χ2n) is 6.51. The van der Waals surface area contributed by atoms with Crippen LogP contribution in [0.15, 0.2) is 0 Å². The van der Waals surface area contributed by atoms with E-state index in [1.165, 1.54) is 64.2 Å². The molecule has 0 radical (unpaired) electrons. The summed E-state index contributed by atoms with van der Waals surface area (Å²) in [5, 5.41) is 9.37. The highest BCUT2D eigenvalue weighted by atomic mass is 16.4. The van der Waals surface area contributed by atoms with Crippen LogP contribution in [0.1, 0.15) is 71.1 Å². The lowest BCUT2D eigenvalue weighted by molar-refractivity contribution is -0.144. The maximum Gasteiger partial charge on any atom is 0.320 e. The predicted molar refractivity (Wildman–Crippen MR) is 77.3 cm³/mol. The first kappa shape index (κ1) is 14.8. The average molecular weight is 267 g/mol. The number of aliphatic carboxylic acids is 1. The van der Waals surface area contributed by atoms with E-state index in [2.05, 4.69) is 4.90 Å². The molecule has 2 saturated carbocycles. The Balaban J connectivity index is 1.97. The van der Waals surface area contributed by atoms with Crippen LogP contribution in [0.5, 0.6) is 0 Å². The largest absolute Gasteiger partial charge is 0.480 e. The van der Waals surface area contributed by atoms with Crippen molar-refractivity contribution in [3.63, 3.8) is 0 Å². The van der Waals surface area contributed by atoms with Gasteiger partial charge in [-0.2, -0.15) is 0 Å². The lowest BCUT2D eigenvalue weighted by atomic mass is 9.86. The van der Waals surface area contributed by atoms with E-state index in [0.29, 0.717) is 6.04 Å². The standard InChI is InChI=1S/C16H29NO2/c1-13(16(18)19)17(15-10-6-3-7-11-15)12-14-8-4-2-5-9-14/h13-15H,2-12H2,1H3,(H,18,19)/t13-/m0/s1. The van der Waals surface area contributed by atoms with Gasteiger partial charge in [0.05, 0.1) is 0 Å². The second-order valence-corrected chi connectivity index (χ2v) is 6.51. The lowest BCUT2D eigenvalue weighted by Gasteiger charge is -2.39. The first-order valence-corrected chi connectivity index (χ1v) is 8.17. The van der Waals surface area contributed by atoms with Gasteiger partial charge in [0, 0.05) is 12.6 Å². The lowest BCUT2D eigenvalue weighted by Crippen LogP contribution is -2.48. The molecule has 2 fully saturated rings. The van der Waals surface area contributed by atoms with Crippen LogP contribution in [-0.4, -0.2) is 34.6 Å². The number of carboxylic acids is 1. The molecule has 3 nitrogen and oxygen atoms in total. The summed E-state index contributed by atoms with van der Waals surface area (Å²) in [5.74, 6) is 0.0823. The summed E-state index contributed by atoms with van der Waals surface area (Å²) in [7, 11) is 0. The molecule has 19 heavy (non-hydrogen) atoms. The molecule has 1 N–H and O–H groups in total. The molecular weight excluding hydrogens is 238 g/mol. The van der Waals surface area contributed by atoms with E-state index in [1.54, 1.807) is 0 Å². The third-order valence-corrected chi connectivity index (χ3v) is 5.09. The molecule has 0 aromatic carbocycles. The van der Waals surface area contributed by atoms with Crippen LogP contribution in [0.3, 0.4) is 0 Å². The molecule has 2 rings (SSSR count). The molecule has 0 amide bonds. The first-order chi connectivity index (χ1) is 9.18. The van der Waals surface area contributed by atoms with Gasteiger partial charge < -0.3 is 5.11 Å². The van der Waals surface area contributed by atoms with Crippen LogP contribution < -0.4 is 0 Å². The number of hydrogen-bond acceptors (Lipinski definition) is 2. The third kappa shape index (κ3) is 4.20. The minimum absolute atomic E-state index is 0.315. The van der Waals surface area contributed by atoms with E-state index in [0.717, 1.165) is 12.5 Å². The van der Waals surface area contributed by atoms with Crippen molar-refractivity contribution in [1.82, 2.24) is 4.90 Å². The fourth-order valence-corrected chi connectivity index (χ4v) is 3.85. The summed E-state index contributed by atoms with van der Waals surface area (Å²) in [6.07, 6.45) is 12.9. The zero-order chi connectivity index (χ0) is 13.7. The van der Waals surface area contributed by atoms with Crippen molar-refractivity contribution in [1.29, 1.82) is 0 Å². The minimum atomic E-state index is -0.651. The van der Waals surface area contributed by atoms with E-state index in [1.807, 2.05) is 6.92 Å². The zero-order valence-electron chi connectivity index (χ0n) is 12.3. The highest BCUT2D eigenvalue weighted by Gasteiger charge is 2.31. The van der Waals surface area contributed by atoms with E-state index in [-0.39, 0.29) is 6.04 Å². The van der Waals surface area contributed by atoms with Crippen molar-refractivity contribution in [3.05, 3.63) is 0 Å². The summed E-state index contributed by atoms with van der Waals surface area (Å²) < 4.78 is 0. The Labute approximate surface area is 117 Å². The Morgan fingerprint density at radius 2 is 1.58 bits per heavy atom. The summed E-state index contributed by atoms with van der Waals surface area (Å²) in [5.41, 5.74) is 0. The molecule has 0 aliphatic heterocycles. The molecule has 0 aromatic heterocycles. The molecule has 0 spiro atoms. The van der Waals surface area contributed by atoms with E-state index in [4.69, 9.17) is 0 Å². The van der Waals surface area contributed by atoms with Crippen molar-refractivity contribution in [2.45, 2.75) is 83.2 Å². The molecular formula is C16H29NO2. The molecule has 0 bridgehead atoms. The van der Waals surface area contributed by atoms with Crippen LogP contribution in [0.25, 0.3) is 0 Å². The topological polar surface area (TPSA) is 40.5 Å². The third-order valence-electron chi connectivity index (χ3n) is 5.09. The van der Waals surface area contributed by atoms with Gasteiger partial charge in [-0.05, 0) is 38.5 Å². The fraction of sp³-hybridized carbons (Fsp3) is 0.938. The number of rotatable bonds is 5. The van der Waals surface area contributed by atoms with Gasteiger partial charge in [0.25, 0.3) is 0 Å². The van der Waals surface area contributed by atoms with Gasteiger partial charge in [-0.3, -0.25) is 9.69 Å². The average Bonchev–Trinajstić information content (AvgIpc) is 2.46. The van der Waals surface area contributed by atoms with Gasteiger partial charge in [-0.1, -0.05) is 38.5 Å². The quantitative estimate of drug-likeness (QED) is 0.826. The Morgan fingerprint density at radius 1 is 1.05 bits per heavy atom. The summed E-state index contributed by atoms with van der Waals surface area (Å²) >= 11 is 0. The molecule has 0 aromatic rings. The van der Waals surface area contributed by atoms with Gasteiger partial charge in [0.1, 0.15) is 6.04 Å². The van der Waals surface area contributed by atoms with Gasteiger partial charge in [0.2, 0.25) is 0 Å². The first-order valence-electron chi connectivity index (χ1n) is 8.17. The molecule has 0 saturated heterocycles. The van der Waals surface area contributed by atoms with Crippen LogP contribution >= 0.6 is 0 Å². The molecule has 1 atom stereocenters. The molecule has 0 unspecified atom stereocenters. The molecule has 110 valence electrons. The zero-order valence-corrected chi connectivity index (χ0v) is 12.3. The van der Waals surface area contributed by atoms with E-state index < -0.39 is 5.97 Å². The summed E-state index contributed by atoms with van der Waals surface area (Å²) in [6.45, 7) is 2.89. The van der Waals surface area contributed by atoms with Crippen molar-refractivity contribution < 1.29 is 9.90 Å². The Hall–Kier alpha value is -0.570. The van der Waals surface area contributed by atoms with Gasteiger partial charge >= 0.3 is 5.97 Å². The summed E-state index contributed by atoms with van der Waals surface area (Å²) in [6, 6.07) is 0.201. The van der Waals surface area contributed by atoms with Crippen molar-refractivity contribution in [3.8, 4) is 0 Å². The van der Waals surface area contributed by atoms with Gasteiger partial charge in [-0.25, -0.2) is 0 Å². The smallest absolute Gasteiger partial charge is 0.320 e. The van der Waals surface area contributed by atoms with E-state index in [9.17, 15) is 9.90 Å². The number of carbonyl (C=O) groups is 1. The normalized spacial score (nSPS) is 24.5. The van der Waals surface area contributed by atoms with Crippen LogP contribution in [0.4, 0.5) is 0 Å². The Morgan fingerprint density at radius 3 is 2.11 bits per heavy atom. The number of hydrogen-bond donors (Lipinski definition) is 1. The molecule has 0 heterocycles. The predicted octanol–water partition coefficient (Wildman–Crippen LogP) is 3.67. The van der Waals surface area contributed by atoms with Crippen LogP contribution in [0.2, 0.25) is 0 Å². The van der Waals surface area contributed by atoms with Crippen molar-refractivity contribution in [2.24, 2.45) is 5.92 Å². The number of nitrogens with zero attached hydrogens (tertiary/aromatic N) is 1. The molecule has 3 heteroatoms. The van der Waals surface area contributed by atoms with Crippen molar-refractivity contribution in [2.75, 3.05) is 6.54 Å². The second kappa shape index (κ2) is 7.28. The van der Waals surface area contributed by atoms with Gasteiger partial charge in [0.15, 0.2) is 0 Å².